The van der Waals surface area contributed by atoms with E-state index in [-0.39, 0.29) is 5.91 Å². The summed E-state index contributed by atoms with van der Waals surface area (Å²) in [4.78, 5) is 16.5. The van der Waals surface area contributed by atoms with Gasteiger partial charge in [-0.25, -0.2) is 0 Å². The van der Waals surface area contributed by atoms with Crippen molar-refractivity contribution in [2.45, 2.75) is 26.7 Å². The third kappa shape index (κ3) is 3.15. The minimum absolute atomic E-state index is 0.175. The van der Waals surface area contributed by atoms with Crippen molar-refractivity contribution in [2.24, 2.45) is 0 Å². The zero-order valence-corrected chi connectivity index (χ0v) is 11.8. The quantitative estimate of drug-likeness (QED) is 0.895. The summed E-state index contributed by atoms with van der Waals surface area (Å²) in [6.45, 7) is 3.91. The smallest absolute Gasteiger partial charge is 0.257 e. The lowest BCUT2D eigenvalue weighted by molar-refractivity contribution is 0.102. The minimum Gasteiger partial charge on any atom is -0.397 e. The van der Waals surface area contributed by atoms with Crippen LogP contribution in [0.2, 0.25) is 0 Å². The fourth-order valence-corrected chi connectivity index (χ4v) is 2.10. The van der Waals surface area contributed by atoms with Gasteiger partial charge in [0.15, 0.2) is 0 Å². The van der Waals surface area contributed by atoms with Gasteiger partial charge in [0.2, 0.25) is 0 Å². The molecule has 0 spiro atoms. The lowest BCUT2D eigenvalue weighted by atomic mass is 10.1. The molecule has 0 aliphatic carbocycles. The molecule has 4 heteroatoms. The zero-order valence-electron chi connectivity index (χ0n) is 11.8. The Labute approximate surface area is 119 Å². The van der Waals surface area contributed by atoms with Gasteiger partial charge in [0.05, 0.1) is 23.1 Å². The molecule has 0 aliphatic rings. The number of amides is 1. The van der Waals surface area contributed by atoms with E-state index in [4.69, 9.17) is 5.73 Å². The van der Waals surface area contributed by atoms with Crippen molar-refractivity contribution < 1.29 is 4.79 Å². The van der Waals surface area contributed by atoms with Gasteiger partial charge < -0.3 is 11.1 Å². The summed E-state index contributed by atoms with van der Waals surface area (Å²) in [7, 11) is 0. The van der Waals surface area contributed by atoms with E-state index in [2.05, 4.69) is 17.2 Å². The van der Waals surface area contributed by atoms with Crippen molar-refractivity contribution in [3.63, 3.8) is 0 Å². The van der Waals surface area contributed by atoms with Crippen LogP contribution in [0, 0.1) is 6.92 Å². The van der Waals surface area contributed by atoms with Crippen molar-refractivity contribution >= 4 is 17.3 Å². The Balaban J connectivity index is 2.26. The first kappa shape index (κ1) is 14.1. The van der Waals surface area contributed by atoms with Crippen LogP contribution in [0.25, 0.3) is 0 Å². The number of anilines is 2. The van der Waals surface area contributed by atoms with Gasteiger partial charge in [-0.2, -0.15) is 0 Å². The Hall–Kier alpha value is -2.36. The summed E-state index contributed by atoms with van der Waals surface area (Å²) in [5.74, 6) is -0.175. The fraction of sp³-hybridized carbons (Fsp3) is 0.250. The van der Waals surface area contributed by atoms with E-state index >= 15 is 0 Å². The molecule has 0 atom stereocenters. The van der Waals surface area contributed by atoms with Gasteiger partial charge in [-0.1, -0.05) is 31.5 Å². The predicted octanol–water partition coefficient (Wildman–Crippen LogP) is 3.18. The molecule has 2 aromatic rings. The highest BCUT2D eigenvalue weighted by Crippen LogP contribution is 2.19. The summed E-state index contributed by atoms with van der Waals surface area (Å²) in [5, 5.41) is 2.95. The van der Waals surface area contributed by atoms with Crippen LogP contribution in [0.5, 0.6) is 0 Å². The van der Waals surface area contributed by atoms with Crippen molar-refractivity contribution in [3.8, 4) is 0 Å². The van der Waals surface area contributed by atoms with Gasteiger partial charge in [-0.15, -0.1) is 0 Å². The van der Waals surface area contributed by atoms with Crippen LogP contribution in [0.1, 0.15) is 35.0 Å². The second-order valence-corrected chi connectivity index (χ2v) is 4.76. The van der Waals surface area contributed by atoms with E-state index in [0.29, 0.717) is 16.9 Å². The topological polar surface area (TPSA) is 68.0 Å². The maximum absolute atomic E-state index is 12.3. The van der Waals surface area contributed by atoms with Gasteiger partial charge in [-0.05, 0) is 31.0 Å². The summed E-state index contributed by atoms with van der Waals surface area (Å²) in [6.07, 6.45) is 3.52. The van der Waals surface area contributed by atoms with Crippen LogP contribution in [-0.4, -0.2) is 10.9 Å². The molecule has 0 bridgehead atoms. The van der Waals surface area contributed by atoms with E-state index in [1.54, 1.807) is 19.2 Å². The molecule has 20 heavy (non-hydrogen) atoms. The van der Waals surface area contributed by atoms with Gasteiger partial charge in [0.1, 0.15) is 0 Å². The zero-order chi connectivity index (χ0) is 14.5. The Bertz CT molecular complexity index is 623. The number of aromatic nitrogens is 1. The standard InChI is InChI=1S/C16H19N3O/c1-3-6-12-7-4-5-8-15(12)19-16(20)14-9-13(17)10-18-11(14)2/h4-5,7-10H,3,6,17H2,1-2H3,(H,19,20). The first-order chi connectivity index (χ1) is 9.61. The molecule has 0 unspecified atom stereocenters. The number of nitrogens with zero attached hydrogens (tertiary/aromatic N) is 1. The highest BCUT2D eigenvalue weighted by molar-refractivity contribution is 6.05. The number of nitrogen functional groups attached to an aromatic ring is 1. The highest BCUT2D eigenvalue weighted by atomic mass is 16.1. The van der Waals surface area contributed by atoms with E-state index in [9.17, 15) is 4.79 Å². The number of benzene rings is 1. The predicted molar refractivity (Wildman–Crippen MR) is 81.8 cm³/mol. The Morgan fingerprint density at radius 2 is 2.10 bits per heavy atom. The Morgan fingerprint density at radius 1 is 1.35 bits per heavy atom. The molecule has 0 aliphatic heterocycles. The van der Waals surface area contributed by atoms with Crippen LogP contribution in [-0.2, 0) is 6.42 Å². The molecule has 1 heterocycles. The van der Waals surface area contributed by atoms with Crippen LogP contribution in [0.15, 0.2) is 36.5 Å². The highest BCUT2D eigenvalue weighted by Gasteiger charge is 2.12. The number of nitrogens with one attached hydrogen (secondary N) is 1. The number of hydrogen-bond donors (Lipinski definition) is 2. The summed E-state index contributed by atoms with van der Waals surface area (Å²) in [5.41, 5.74) is 9.35. The number of nitrogens with two attached hydrogens (primary N) is 1. The maximum Gasteiger partial charge on any atom is 0.257 e. The molecule has 1 aromatic heterocycles. The summed E-state index contributed by atoms with van der Waals surface area (Å²) < 4.78 is 0. The van der Waals surface area contributed by atoms with E-state index < -0.39 is 0 Å². The molecule has 0 fully saturated rings. The molecule has 3 N–H and O–H groups in total. The maximum atomic E-state index is 12.3. The van der Waals surface area contributed by atoms with E-state index in [1.165, 1.54) is 0 Å². The normalized spacial score (nSPS) is 10.3. The van der Waals surface area contributed by atoms with Crippen molar-refractivity contribution in [1.29, 1.82) is 0 Å². The van der Waals surface area contributed by atoms with Crippen molar-refractivity contribution in [1.82, 2.24) is 4.98 Å². The van der Waals surface area contributed by atoms with E-state index in [0.717, 1.165) is 24.1 Å². The number of hydrogen-bond acceptors (Lipinski definition) is 3. The largest absolute Gasteiger partial charge is 0.397 e. The van der Waals surface area contributed by atoms with Crippen LogP contribution >= 0.6 is 0 Å². The van der Waals surface area contributed by atoms with Crippen LogP contribution < -0.4 is 11.1 Å². The second-order valence-electron chi connectivity index (χ2n) is 4.76. The first-order valence-corrected chi connectivity index (χ1v) is 6.73. The average Bonchev–Trinajstić information content (AvgIpc) is 2.44. The summed E-state index contributed by atoms with van der Waals surface area (Å²) >= 11 is 0. The number of pyridine rings is 1. The third-order valence-electron chi connectivity index (χ3n) is 3.14. The average molecular weight is 269 g/mol. The molecule has 0 radical (unpaired) electrons. The number of para-hydroxylation sites is 1. The molecule has 1 amide bonds. The monoisotopic (exact) mass is 269 g/mol. The fourth-order valence-electron chi connectivity index (χ4n) is 2.10. The van der Waals surface area contributed by atoms with Crippen molar-refractivity contribution in [2.75, 3.05) is 11.1 Å². The van der Waals surface area contributed by atoms with Gasteiger partial charge >= 0.3 is 0 Å². The second kappa shape index (κ2) is 6.19. The van der Waals surface area contributed by atoms with Gasteiger partial charge in [0.25, 0.3) is 5.91 Å². The molecule has 1 aromatic carbocycles. The molecular weight excluding hydrogens is 250 g/mol. The Morgan fingerprint density at radius 3 is 2.85 bits per heavy atom. The number of carbonyl (C=O) groups is 1. The van der Waals surface area contributed by atoms with E-state index in [1.807, 2.05) is 24.3 Å². The molecule has 0 saturated carbocycles. The number of aryl methyl sites for hydroxylation is 2. The lowest BCUT2D eigenvalue weighted by Gasteiger charge is -2.11. The molecule has 4 nitrogen and oxygen atoms in total. The molecular formula is C16H19N3O. The lowest BCUT2D eigenvalue weighted by Crippen LogP contribution is -2.15. The Kier molecular flexibility index (Phi) is 4.35. The number of carbonyl (C=O) groups excluding carboxylic acids is 1. The van der Waals surface area contributed by atoms with Crippen LogP contribution in [0.3, 0.4) is 0 Å². The van der Waals surface area contributed by atoms with Gasteiger partial charge in [-0.3, -0.25) is 9.78 Å². The van der Waals surface area contributed by atoms with Crippen LogP contribution in [0.4, 0.5) is 11.4 Å². The summed E-state index contributed by atoms with van der Waals surface area (Å²) in [6, 6.07) is 9.49. The van der Waals surface area contributed by atoms with Gasteiger partial charge in [0, 0.05) is 5.69 Å². The molecule has 2 rings (SSSR count). The van der Waals surface area contributed by atoms with Crippen molar-refractivity contribution in [3.05, 3.63) is 53.3 Å². The third-order valence-corrected chi connectivity index (χ3v) is 3.14. The molecule has 0 saturated heterocycles. The SMILES string of the molecule is CCCc1ccccc1NC(=O)c1cc(N)cnc1C. The minimum atomic E-state index is -0.175. The number of rotatable bonds is 4. The molecule has 104 valence electrons. The first-order valence-electron chi connectivity index (χ1n) is 6.73.